The van der Waals surface area contributed by atoms with Gasteiger partial charge in [0.1, 0.15) is 5.82 Å². The van der Waals surface area contributed by atoms with Crippen LogP contribution in [0.25, 0.3) is 0 Å². The first-order valence-corrected chi connectivity index (χ1v) is 7.37. The second-order valence-electron chi connectivity index (χ2n) is 5.49. The van der Waals surface area contributed by atoms with Crippen LogP contribution in [0.5, 0.6) is 0 Å². The van der Waals surface area contributed by atoms with E-state index in [0.29, 0.717) is 13.0 Å². The summed E-state index contributed by atoms with van der Waals surface area (Å²) < 4.78 is 13.5. The van der Waals surface area contributed by atoms with Crippen LogP contribution in [0, 0.1) is 17.7 Å². The Morgan fingerprint density at radius 3 is 2.52 bits per heavy atom. The Bertz CT molecular complexity index is 721. The lowest BCUT2D eigenvalue weighted by atomic mass is 10.2. The molecule has 6 heteroatoms. The molecule has 1 saturated carbocycles. The highest BCUT2D eigenvalue weighted by molar-refractivity contribution is 5.99. The highest BCUT2D eigenvalue weighted by Gasteiger charge is 2.48. The average Bonchev–Trinajstić information content (AvgIpc) is 3.36. The Morgan fingerprint density at radius 2 is 1.78 bits per heavy atom. The number of carbonyl (C=O) groups excluding carboxylic acids is 2. The Labute approximate surface area is 132 Å². The number of halogens is 1. The van der Waals surface area contributed by atoms with Crippen molar-refractivity contribution < 1.29 is 14.0 Å². The molecule has 1 aliphatic carbocycles. The number of hydrogen-bond acceptors (Lipinski definition) is 3. The zero-order valence-corrected chi connectivity index (χ0v) is 12.3. The van der Waals surface area contributed by atoms with Crippen molar-refractivity contribution in [3.8, 4) is 0 Å². The van der Waals surface area contributed by atoms with Gasteiger partial charge in [-0.15, -0.1) is 0 Å². The number of nitrogens with zero attached hydrogens (tertiary/aromatic N) is 1. The van der Waals surface area contributed by atoms with E-state index in [-0.39, 0.29) is 23.4 Å². The summed E-state index contributed by atoms with van der Waals surface area (Å²) in [5, 5.41) is 5.33. The van der Waals surface area contributed by atoms with Gasteiger partial charge in [-0.3, -0.25) is 14.6 Å². The molecule has 3 rings (SSSR count). The fourth-order valence-electron chi connectivity index (χ4n) is 2.38. The fourth-order valence-corrected chi connectivity index (χ4v) is 2.38. The van der Waals surface area contributed by atoms with Crippen molar-refractivity contribution in [1.82, 2.24) is 10.3 Å². The predicted octanol–water partition coefficient (Wildman–Crippen LogP) is 2.11. The van der Waals surface area contributed by atoms with Crippen LogP contribution in [0.3, 0.4) is 0 Å². The molecule has 118 valence electrons. The van der Waals surface area contributed by atoms with Gasteiger partial charge in [0.15, 0.2) is 0 Å². The van der Waals surface area contributed by atoms with Crippen molar-refractivity contribution in [2.24, 2.45) is 11.8 Å². The average molecular weight is 313 g/mol. The van der Waals surface area contributed by atoms with Gasteiger partial charge in [0.2, 0.25) is 11.8 Å². The maximum Gasteiger partial charge on any atom is 0.228 e. The van der Waals surface area contributed by atoms with E-state index in [1.165, 1.54) is 12.1 Å². The molecule has 2 aromatic rings. The molecule has 2 N–H and O–H groups in total. The van der Waals surface area contributed by atoms with Gasteiger partial charge in [0, 0.05) is 18.9 Å². The number of amides is 2. The van der Waals surface area contributed by atoms with Gasteiger partial charge in [-0.2, -0.15) is 0 Å². The van der Waals surface area contributed by atoms with E-state index in [9.17, 15) is 14.0 Å². The number of aromatic nitrogens is 1. The number of pyridine rings is 1. The standard InChI is InChI=1S/C17H16FN3O2/c18-14-3-1-2-4-15(14)21-17(23)13-9-12(13)16(22)20-10-11-5-7-19-8-6-11/h1-8,12-13H,9-10H2,(H,20,22)(H,21,23). The first kappa shape index (κ1) is 15.1. The summed E-state index contributed by atoms with van der Waals surface area (Å²) in [6.45, 7) is 0.402. The molecule has 0 aliphatic heterocycles. The van der Waals surface area contributed by atoms with Gasteiger partial charge in [-0.05, 0) is 36.2 Å². The lowest BCUT2D eigenvalue weighted by Crippen LogP contribution is -2.27. The summed E-state index contributed by atoms with van der Waals surface area (Å²) in [6.07, 6.45) is 3.80. The number of carbonyl (C=O) groups is 2. The third kappa shape index (κ3) is 3.71. The van der Waals surface area contributed by atoms with Crippen molar-refractivity contribution in [3.63, 3.8) is 0 Å². The first-order valence-electron chi connectivity index (χ1n) is 7.37. The van der Waals surface area contributed by atoms with Crippen LogP contribution < -0.4 is 10.6 Å². The summed E-state index contributed by atoms with van der Waals surface area (Å²) >= 11 is 0. The first-order chi connectivity index (χ1) is 11.1. The normalized spacial score (nSPS) is 19.0. The number of rotatable bonds is 5. The molecule has 0 saturated heterocycles. The van der Waals surface area contributed by atoms with E-state index in [2.05, 4.69) is 15.6 Å². The Kier molecular flexibility index (Phi) is 4.32. The van der Waals surface area contributed by atoms with E-state index in [1.54, 1.807) is 24.5 Å². The minimum absolute atomic E-state index is 0.139. The van der Waals surface area contributed by atoms with Crippen LogP contribution in [0.15, 0.2) is 48.8 Å². The molecule has 0 radical (unpaired) electrons. The molecule has 2 amide bonds. The molecular weight excluding hydrogens is 297 g/mol. The summed E-state index contributed by atoms with van der Waals surface area (Å²) in [6, 6.07) is 9.60. The van der Waals surface area contributed by atoms with E-state index >= 15 is 0 Å². The highest BCUT2D eigenvalue weighted by Crippen LogP contribution is 2.39. The van der Waals surface area contributed by atoms with Crippen LogP contribution in [0.1, 0.15) is 12.0 Å². The quantitative estimate of drug-likeness (QED) is 0.888. The maximum absolute atomic E-state index is 13.5. The summed E-state index contributed by atoms with van der Waals surface area (Å²) in [5.74, 6) is -1.70. The third-order valence-corrected chi connectivity index (χ3v) is 3.81. The monoisotopic (exact) mass is 313 g/mol. The fraction of sp³-hybridized carbons (Fsp3) is 0.235. The van der Waals surface area contributed by atoms with Crippen molar-refractivity contribution in [1.29, 1.82) is 0 Å². The second-order valence-corrected chi connectivity index (χ2v) is 5.49. The summed E-state index contributed by atoms with van der Waals surface area (Å²) in [4.78, 5) is 28.0. The zero-order valence-electron chi connectivity index (χ0n) is 12.3. The number of nitrogens with one attached hydrogen (secondary N) is 2. The van der Waals surface area contributed by atoms with Gasteiger partial charge in [0.25, 0.3) is 0 Å². The topological polar surface area (TPSA) is 71.1 Å². The molecule has 23 heavy (non-hydrogen) atoms. The van der Waals surface area contributed by atoms with Gasteiger partial charge in [-0.1, -0.05) is 12.1 Å². The molecule has 1 aromatic heterocycles. The molecule has 1 fully saturated rings. The molecule has 1 heterocycles. The van der Waals surface area contributed by atoms with E-state index in [1.807, 2.05) is 12.1 Å². The van der Waals surface area contributed by atoms with E-state index < -0.39 is 11.7 Å². The largest absolute Gasteiger partial charge is 0.352 e. The Hall–Kier alpha value is -2.76. The van der Waals surface area contributed by atoms with Crippen LogP contribution in [0.4, 0.5) is 10.1 Å². The zero-order chi connectivity index (χ0) is 16.2. The van der Waals surface area contributed by atoms with E-state index in [0.717, 1.165) is 5.56 Å². The van der Waals surface area contributed by atoms with Crippen LogP contribution in [0.2, 0.25) is 0 Å². The molecule has 2 unspecified atom stereocenters. The van der Waals surface area contributed by atoms with Crippen LogP contribution >= 0.6 is 0 Å². The molecular formula is C17H16FN3O2. The summed E-state index contributed by atoms with van der Waals surface area (Å²) in [7, 11) is 0. The minimum atomic E-state index is -0.486. The summed E-state index contributed by atoms with van der Waals surface area (Å²) in [5.41, 5.74) is 1.08. The lowest BCUT2D eigenvalue weighted by molar-refractivity contribution is -0.125. The maximum atomic E-state index is 13.5. The molecule has 5 nitrogen and oxygen atoms in total. The predicted molar refractivity (Wildman–Crippen MR) is 82.7 cm³/mol. The van der Waals surface area contributed by atoms with Crippen LogP contribution in [-0.4, -0.2) is 16.8 Å². The van der Waals surface area contributed by atoms with Crippen LogP contribution in [-0.2, 0) is 16.1 Å². The molecule has 0 spiro atoms. The number of benzene rings is 1. The van der Waals surface area contributed by atoms with Crippen molar-refractivity contribution in [2.75, 3.05) is 5.32 Å². The second kappa shape index (κ2) is 6.56. The SMILES string of the molecule is O=C(NCc1ccncc1)C1CC1C(=O)Nc1ccccc1F. The van der Waals surface area contributed by atoms with Gasteiger partial charge in [-0.25, -0.2) is 4.39 Å². The van der Waals surface area contributed by atoms with Crippen molar-refractivity contribution in [3.05, 3.63) is 60.2 Å². The van der Waals surface area contributed by atoms with Gasteiger partial charge >= 0.3 is 0 Å². The Morgan fingerprint density at radius 1 is 1.09 bits per heavy atom. The highest BCUT2D eigenvalue weighted by atomic mass is 19.1. The van der Waals surface area contributed by atoms with Crippen molar-refractivity contribution in [2.45, 2.75) is 13.0 Å². The minimum Gasteiger partial charge on any atom is -0.352 e. The molecule has 1 aliphatic rings. The number of anilines is 1. The lowest BCUT2D eigenvalue weighted by Gasteiger charge is -2.07. The smallest absolute Gasteiger partial charge is 0.228 e. The number of hydrogen-bond donors (Lipinski definition) is 2. The molecule has 1 aromatic carbocycles. The number of para-hydroxylation sites is 1. The third-order valence-electron chi connectivity index (χ3n) is 3.81. The molecule has 0 bridgehead atoms. The molecule has 2 atom stereocenters. The van der Waals surface area contributed by atoms with Gasteiger partial charge < -0.3 is 10.6 Å². The van der Waals surface area contributed by atoms with E-state index in [4.69, 9.17) is 0 Å². The Balaban J connectivity index is 1.49. The van der Waals surface area contributed by atoms with Gasteiger partial charge in [0.05, 0.1) is 17.5 Å². The van der Waals surface area contributed by atoms with Crippen molar-refractivity contribution >= 4 is 17.5 Å².